The number of halogens is 3. The second-order valence-electron chi connectivity index (χ2n) is 4.18. The van der Waals surface area contributed by atoms with Crippen molar-refractivity contribution in [1.29, 1.82) is 0 Å². The zero-order valence-electron chi connectivity index (χ0n) is 11.4. The van der Waals surface area contributed by atoms with Gasteiger partial charge in [0, 0.05) is 23.8 Å². The highest BCUT2D eigenvalue weighted by atomic mass is 35.5. The number of aryl methyl sites for hydroxylation is 1. The van der Waals surface area contributed by atoms with Crippen LogP contribution in [0, 0.1) is 13.8 Å². The van der Waals surface area contributed by atoms with Gasteiger partial charge in [-0.1, -0.05) is 12.1 Å². The molecule has 0 aromatic heterocycles. The number of nitrogen functional groups attached to an aromatic ring is 1. The number of nitrogens with one attached hydrogen (secondary N) is 1. The molecule has 0 spiro atoms. The van der Waals surface area contributed by atoms with Gasteiger partial charge in [-0.25, -0.2) is 0 Å². The van der Waals surface area contributed by atoms with Crippen molar-refractivity contribution in [2.45, 2.75) is 13.8 Å². The van der Waals surface area contributed by atoms with Crippen LogP contribution >= 0.6 is 37.2 Å². The summed E-state index contributed by atoms with van der Waals surface area (Å²) in [5.74, 6) is 0. The first-order valence-corrected chi connectivity index (χ1v) is 5.66. The van der Waals surface area contributed by atoms with Crippen LogP contribution in [0.1, 0.15) is 11.1 Å². The normalized spacial score (nSPS) is 14.0. The second kappa shape index (κ2) is 9.70. The average molecular weight is 337 g/mol. The Balaban J connectivity index is 0. The highest BCUT2D eigenvalue weighted by Crippen LogP contribution is 2.24. The van der Waals surface area contributed by atoms with Crippen LogP contribution in [-0.4, -0.2) is 12.8 Å². The van der Waals surface area contributed by atoms with Crippen LogP contribution in [0.4, 0.5) is 11.4 Å². The average Bonchev–Trinajstić information content (AvgIpc) is 2.36. The molecule has 0 unspecified atom stereocenters. The number of allylic oxidation sites excluding steroid dienone is 1. The lowest BCUT2D eigenvalue weighted by Crippen LogP contribution is -2.00. The maximum Gasteiger partial charge on any atom is 0.0653 e. The van der Waals surface area contributed by atoms with E-state index >= 15 is 0 Å². The fourth-order valence-corrected chi connectivity index (χ4v) is 1.72. The van der Waals surface area contributed by atoms with E-state index < -0.39 is 0 Å². The number of benzene rings is 1. The predicted octanol–water partition coefficient (Wildman–Crippen LogP) is 4.09. The Bertz CT molecular complexity index is 523. The summed E-state index contributed by atoms with van der Waals surface area (Å²) in [6.45, 7) is 4.77. The van der Waals surface area contributed by atoms with E-state index in [-0.39, 0.29) is 37.2 Å². The summed E-state index contributed by atoms with van der Waals surface area (Å²) >= 11 is 0. The molecular formula is C14H20Cl3N3. The Labute approximate surface area is 138 Å². The molecule has 112 valence electrons. The standard InChI is InChI=1S/C14H17N3.3ClH/c1-10-5-6-13(11(2)14(10)15)17-9-12-4-3-7-16-8-12;;;/h3-7,9,17H,8,15H2,1-2H3;3*1H. The second-order valence-corrected chi connectivity index (χ2v) is 4.18. The largest absolute Gasteiger partial charge is 0.398 e. The third-order valence-electron chi connectivity index (χ3n) is 2.92. The van der Waals surface area contributed by atoms with Gasteiger partial charge in [0.15, 0.2) is 0 Å². The van der Waals surface area contributed by atoms with Crippen molar-refractivity contribution in [3.8, 4) is 0 Å². The van der Waals surface area contributed by atoms with Gasteiger partial charge in [0.05, 0.1) is 6.54 Å². The van der Waals surface area contributed by atoms with Gasteiger partial charge in [-0.3, -0.25) is 4.99 Å². The van der Waals surface area contributed by atoms with Crippen molar-refractivity contribution in [3.05, 3.63) is 47.2 Å². The lowest BCUT2D eigenvalue weighted by molar-refractivity contribution is 1.17. The van der Waals surface area contributed by atoms with Gasteiger partial charge in [-0.2, -0.15) is 0 Å². The molecule has 3 nitrogen and oxygen atoms in total. The van der Waals surface area contributed by atoms with Crippen molar-refractivity contribution in [3.63, 3.8) is 0 Å². The van der Waals surface area contributed by atoms with E-state index in [0.717, 1.165) is 34.6 Å². The van der Waals surface area contributed by atoms with Crippen LogP contribution in [0.15, 0.2) is 41.1 Å². The third-order valence-corrected chi connectivity index (χ3v) is 2.92. The van der Waals surface area contributed by atoms with Gasteiger partial charge in [0.25, 0.3) is 0 Å². The molecular weight excluding hydrogens is 317 g/mol. The quantitative estimate of drug-likeness (QED) is 0.799. The predicted molar refractivity (Wildman–Crippen MR) is 96.3 cm³/mol. The van der Waals surface area contributed by atoms with E-state index in [4.69, 9.17) is 5.73 Å². The van der Waals surface area contributed by atoms with Gasteiger partial charge in [-0.15, -0.1) is 37.2 Å². The summed E-state index contributed by atoms with van der Waals surface area (Å²) < 4.78 is 0. The highest BCUT2D eigenvalue weighted by molar-refractivity contribution is 5.86. The number of nitrogens with two attached hydrogens (primary N) is 1. The molecule has 1 aliphatic heterocycles. The zero-order chi connectivity index (χ0) is 12.3. The van der Waals surface area contributed by atoms with E-state index in [2.05, 4.69) is 10.3 Å². The van der Waals surface area contributed by atoms with Gasteiger partial charge in [0.2, 0.25) is 0 Å². The number of rotatable bonds is 2. The van der Waals surface area contributed by atoms with Crippen molar-refractivity contribution in [2.24, 2.45) is 4.99 Å². The molecule has 1 aromatic carbocycles. The summed E-state index contributed by atoms with van der Waals surface area (Å²) in [6.07, 6.45) is 7.77. The molecule has 2 rings (SSSR count). The van der Waals surface area contributed by atoms with Gasteiger partial charge in [0.1, 0.15) is 0 Å². The molecule has 1 heterocycles. The number of hydrogen-bond acceptors (Lipinski definition) is 3. The van der Waals surface area contributed by atoms with Crippen LogP contribution < -0.4 is 11.1 Å². The molecule has 0 saturated carbocycles. The van der Waals surface area contributed by atoms with E-state index in [1.165, 1.54) is 0 Å². The van der Waals surface area contributed by atoms with Crippen molar-refractivity contribution in [2.75, 3.05) is 17.6 Å². The molecule has 0 bridgehead atoms. The fourth-order valence-electron chi connectivity index (χ4n) is 1.72. The molecule has 0 atom stereocenters. The van der Waals surface area contributed by atoms with Crippen LogP contribution in [0.25, 0.3) is 0 Å². The smallest absolute Gasteiger partial charge is 0.0653 e. The maximum absolute atomic E-state index is 5.99. The van der Waals surface area contributed by atoms with Crippen molar-refractivity contribution < 1.29 is 0 Å². The summed E-state index contributed by atoms with van der Waals surface area (Å²) in [4.78, 5) is 4.18. The number of anilines is 2. The Morgan fingerprint density at radius 3 is 2.50 bits per heavy atom. The monoisotopic (exact) mass is 335 g/mol. The number of dihydropyridines is 1. The van der Waals surface area contributed by atoms with E-state index in [0.29, 0.717) is 0 Å². The Kier molecular flexibility index (Phi) is 10.3. The van der Waals surface area contributed by atoms with E-state index in [1.54, 1.807) is 0 Å². The Morgan fingerprint density at radius 2 is 1.90 bits per heavy atom. The molecule has 0 radical (unpaired) electrons. The van der Waals surface area contributed by atoms with E-state index in [9.17, 15) is 0 Å². The first-order chi connectivity index (χ1) is 8.18. The van der Waals surface area contributed by atoms with Gasteiger partial charge in [-0.05, 0) is 42.7 Å². The molecule has 0 amide bonds. The number of nitrogens with zero attached hydrogens (tertiary/aromatic N) is 1. The van der Waals surface area contributed by atoms with Crippen LogP contribution in [0.5, 0.6) is 0 Å². The van der Waals surface area contributed by atoms with Gasteiger partial charge < -0.3 is 11.1 Å². The van der Waals surface area contributed by atoms with Crippen LogP contribution in [0.2, 0.25) is 0 Å². The summed E-state index contributed by atoms with van der Waals surface area (Å²) in [5, 5.41) is 3.28. The molecule has 1 aliphatic rings. The molecule has 0 fully saturated rings. The SMILES string of the molecule is Cc1ccc(NC=C2C=CC=NC2)c(C)c1N.Cl.Cl.Cl. The minimum atomic E-state index is 0. The first kappa shape index (κ1) is 21.1. The third kappa shape index (κ3) is 5.08. The van der Waals surface area contributed by atoms with Crippen molar-refractivity contribution >= 4 is 54.8 Å². The molecule has 20 heavy (non-hydrogen) atoms. The maximum atomic E-state index is 5.99. The van der Waals surface area contributed by atoms with Crippen LogP contribution in [-0.2, 0) is 0 Å². The van der Waals surface area contributed by atoms with Crippen molar-refractivity contribution in [1.82, 2.24) is 0 Å². The topological polar surface area (TPSA) is 50.4 Å². The minimum Gasteiger partial charge on any atom is -0.398 e. The lowest BCUT2D eigenvalue weighted by atomic mass is 10.1. The highest BCUT2D eigenvalue weighted by Gasteiger charge is 2.03. The summed E-state index contributed by atoms with van der Waals surface area (Å²) in [5.41, 5.74) is 11.3. The van der Waals surface area contributed by atoms with E-state index in [1.807, 2.05) is 50.5 Å². The zero-order valence-corrected chi connectivity index (χ0v) is 13.9. The van der Waals surface area contributed by atoms with Crippen LogP contribution in [0.3, 0.4) is 0 Å². The number of hydrogen-bond donors (Lipinski definition) is 2. The molecule has 3 N–H and O–H groups in total. The molecule has 1 aromatic rings. The molecule has 0 saturated heterocycles. The lowest BCUT2D eigenvalue weighted by Gasteiger charge is -2.11. The Morgan fingerprint density at radius 1 is 1.20 bits per heavy atom. The molecule has 0 aliphatic carbocycles. The fraction of sp³-hybridized carbons (Fsp3) is 0.214. The molecule has 6 heteroatoms. The summed E-state index contributed by atoms with van der Waals surface area (Å²) in [6, 6.07) is 4.08. The minimum absolute atomic E-state index is 0. The Hall–Kier alpha value is -1.16. The van der Waals surface area contributed by atoms with Gasteiger partial charge >= 0.3 is 0 Å². The summed E-state index contributed by atoms with van der Waals surface area (Å²) in [7, 11) is 0. The first-order valence-electron chi connectivity index (χ1n) is 5.66. The number of aliphatic imine (C=N–C) groups is 1.